The fourth-order valence-corrected chi connectivity index (χ4v) is 1.54. The molecule has 0 fully saturated rings. The van der Waals surface area contributed by atoms with Gasteiger partial charge in [-0.2, -0.15) is 0 Å². The van der Waals surface area contributed by atoms with E-state index in [2.05, 4.69) is 10.3 Å². The van der Waals surface area contributed by atoms with Gasteiger partial charge in [-0.05, 0) is 24.3 Å². The van der Waals surface area contributed by atoms with Crippen LogP contribution in [0.25, 0.3) is 0 Å². The topological polar surface area (TPSA) is 44.9 Å². The van der Waals surface area contributed by atoms with Crippen molar-refractivity contribution in [2.45, 2.75) is 0 Å². The Bertz CT molecular complexity index is 509. The predicted octanol–water partition coefficient (Wildman–Crippen LogP) is 3.57. The van der Waals surface area contributed by atoms with Gasteiger partial charge in [-0.15, -0.1) is 0 Å². The fraction of sp³-hybridized carbons (Fsp3) is 0. The summed E-state index contributed by atoms with van der Waals surface area (Å²) in [6.45, 7) is 0. The molecule has 3 nitrogen and oxygen atoms in total. The Balaban J connectivity index is 2.15. The summed E-state index contributed by atoms with van der Waals surface area (Å²) in [5, 5.41) is 3.58. The maximum atomic E-state index is 11.7. The van der Waals surface area contributed by atoms with Gasteiger partial charge in [-0.3, -0.25) is 4.79 Å². The molecular weight excluding hydrogens is 247 g/mol. The van der Waals surface area contributed by atoms with Crippen LogP contribution in [0.3, 0.4) is 0 Å². The number of aromatic amines is 1. The van der Waals surface area contributed by atoms with Crippen LogP contribution in [-0.4, -0.2) is 10.9 Å². The normalized spacial score (nSPS) is 10.1. The molecule has 2 aromatic rings. The highest BCUT2D eigenvalue weighted by Crippen LogP contribution is 2.25. The summed E-state index contributed by atoms with van der Waals surface area (Å²) in [7, 11) is 0. The van der Waals surface area contributed by atoms with Gasteiger partial charge >= 0.3 is 0 Å². The number of anilines is 1. The van der Waals surface area contributed by atoms with Crippen LogP contribution in [0.15, 0.2) is 36.7 Å². The number of halogens is 2. The second-order valence-electron chi connectivity index (χ2n) is 3.18. The number of H-pyrrole nitrogens is 1. The highest BCUT2D eigenvalue weighted by atomic mass is 35.5. The number of carbonyl (C=O) groups excluding carboxylic acids is 1. The molecule has 1 aromatic carbocycles. The van der Waals surface area contributed by atoms with E-state index in [1.165, 1.54) is 0 Å². The van der Waals surface area contributed by atoms with Crippen LogP contribution in [0.5, 0.6) is 0 Å². The van der Waals surface area contributed by atoms with E-state index in [-0.39, 0.29) is 5.91 Å². The van der Waals surface area contributed by atoms with Gasteiger partial charge in [0, 0.05) is 18.1 Å². The first kappa shape index (κ1) is 11.0. The summed E-state index contributed by atoms with van der Waals surface area (Å²) in [6, 6.07) is 6.62. The molecule has 0 aliphatic carbocycles. The van der Waals surface area contributed by atoms with Crippen LogP contribution in [0.2, 0.25) is 10.0 Å². The monoisotopic (exact) mass is 254 g/mol. The van der Waals surface area contributed by atoms with E-state index in [1.807, 2.05) is 0 Å². The summed E-state index contributed by atoms with van der Waals surface area (Å²) in [5.74, 6) is -0.195. The Hall–Kier alpha value is -1.45. The van der Waals surface area contributed by atoms with E-state index in [9.17, 15) is 4.79 Å². The minimum Gasteiger partial charge on any atom is -0.367 e. The van der Waals surface area contributed by atoms with Crippen LogP contribution < -0.4 is 5.32 Å². The molecule has 0 unspecified atom stereocenters. The van der Waals surface area contributed by atoms with Crippen molar-refractivity contribution in [3.63, 3.8) is 0 Å². The van der Waals surface area contributed by atoms with Crippen molar-refractivity contribution >= 4 is 34.8 Å². The van der Waals surface area contributed by atoms with Gasteiger partial charge in [-0.1, -0.05) is 23.2 Å². The molecule has 0 radical (unpaired) electrons. The van der Waals surface area contributed by atoms with Gasteiger partial charge in [0.15, 0.2) is 0 Å². The summed E-state index contributed by atoms with van der Waals surface area (Å²) >= 11 is 11.6. The molecule has 16 heavy (non-hydrogen) atoms. The molecule has 0 aliphatic heterocycles. The molecular formula is C11H8Cl2N2O. The Morgan fingerprint density at radius 2 is 2.00 bits per heavy atom. The average molecular weight is 255 g/mol. The average Bonchev–Trinajstić information content (AvgIpc) is 2.77. The second-order valence-corrected chi connectivity index (χ2v) is 4.00. The number of hydrogen-bond donors (Lipinski definition) is 2. The third kappa shape index (κ3) is 2.38. The lowest BCUT2D eigenvalue weighted by Crippen LogP contribution is -2.10. The Kier molecular flexibility index (Phi) is 3.17. The zero-order valence-corrected chi connectivity index (χ0v) is 9.64. The fourth-order valence-electron chi connectivity index (χ4n) is 1.24. The summed E-state index contributed by atoms with van der Waals surface area (Å²) < 4.78 is 0. The molecule has 1 amide bonds. The Labute approximate surface area is 102 Å². The zero-order valence-electron chi connectivity index (χ0n) is 8.13. The van der Waals surface area contributed by atoms with Crippen molar-refractivity contribution in [2.75, 3.05) is 5.32 Å². The first-order valence-corrected chi connectivity index (χ1v) is 5.31. The quantitative estimate of drug-likeness (QED) is 0.846. The van der Waals surface area contributed by atoms with Gasteiger partial charge in [0.05, 0.1) is 15.6 Å². The maximum Gasteiger partial charge on any atom is 0.257 e. The molecule has 0 saturated heterocycles. The van der Waals surface area contributed by atoms with Gasteiger partial charge in [-0.25, -0.2) is 0 Å². The molecule has 0 spiro atoms. The maximum absolute atomic E-state index is 11.7. The summed E-state index contributed by atoms with van der Waals surface area (Å²) in [6.07, 6.45) is 3.30. The molecule has 0 atom stereocenters. The van der Waals surface area contributed by atoms with E-state index in [0.717, 1.165) is 0 Å². The summed E-state index contributed by atoms with van der Waals surface area (Å²) in [5.41, 5.74) is 1.17. The van der Waals surface area contributed by atoms with Crippen molar-refractivity contribution in [3.05, 3.63) is 52.3 Å². The molecule has 0 aliphatic rings. The van der Waals surface area contributed by atoms with E-state index >= 15 is 0 Å². The first-order valence-electron chi connectivity index (χ1n) is 4.56. The molecule has 5 heteroatoms. The lowest BCUT2D eigenvalue weighted by molar-refractivity contribution is 0.102. The number of nitrogens with one attached hydrogen (secondary N) is 2. The van der Waals surface area contributed by atoms with Crippen molar-refractivity contribution < 1.29 is 4.79 Å². The second kappa shape index (κ2) is 4.60. The molecule has 2 rings (SSSR count). The number of aromatic nitrogens is 1. The van der Waals surface area contributed by atoms with Crippen LogP contribution >= 0.6 is 23.2 Å². The SMILES string of the molecule is O=C(Nc1ccc(Cl)c(Cl)c1)c1cc[nH]c1. The van der Waals surface area contributed by atoms with Crippen molar-refractivity contribution in [1.29, 1.82) is 0 Å². The van der Waals surface area contributed by atoms with Gasteiger partial charge < -0.3 is 10.3 Å². The summed E-state index contributed by atoms with van der Waals surface area (Å²) in [4.78, 5) is 14.5. The largest absolute Gasteiger partial charge is 0.367 e. The molecule has 1 heterocycles. The van der Waals surface area contributed by atoms with Crippen LogP contribution in [0.4, 0.5) is 5.69 Å². The smallest absolute Gasteiger partial charge is 0.257 e. The van der Waals surface area contributed by atoms with Gasteiger partial charge in [0.2, 0.25) is 0 Å². The first-order chi connectivity index (χ1) is 7.66. The minimum atomic E-state index is -0.195. The number of hydrogen-bond acceptors (Lipinski definition) is 1. The lowest BCUT2D eigenvalue weighted by atomic mass is 10.3. The number of rotatable bonds is 2. The Morgan fingerprint density at radius 1 is 1.19 bits per heavy atom. The van der Waals surface area contributed by atoms with E-state index in [0.29, 0.717) is 21.3 Å². The predicted molar refractivity (Wildman–Crippen MR) is 65.2 cm³/mol. The number of carbonyl (C=O) groups is 1. The third-order valence-electron chi connectivity index (χ3n) is 2.04. The van der Waals surface area contributed by atoms with Crippen molar-refractivity contribution in [2.24, 2.45) is 0 Å². The molecule has 2 N–H and O–H groups in total. The van der Waals surface area contributed by atoms with Crippen LogP contribution in [0.1, 0.15) is 10.4 Å². The van der Waals surface area contributed by atoms with Crippen LogP contribution in [-0.2, 0) is 0 Å². The molecule has 82 valence electrons. The zero-order chi connectivity index (χ0) is 11.5. The molecule has 0 bridgehead atoms. The number of benzene rings is 1. The van der Waals surface area contributed by atoms with E-state index in [1.54, 1.807) is 36.7 Å². The molecule has 0 saturated carbocycles. The standard InChI is InChI=1S/C11H8Cl2N2O/c12-9-2-1-8(5-10(9)13)15-11(16)7-3-4-14-6-7/h1-6,14H,(H,15,16). The van der Waals surface area contributed by atoms with Gasteiger partial charge in [0.1, 0.15) is 0 Å². The highest BCUT2D eigenvalue weighted by Gasteiger charge is 2.07. The van der Waals surface area contributed by atoms with E-state index in [4.69, 9.17) is 23.2 Å². The Morgan fingerprint density at radius 3 is 2.62 bits per heavy atom. The van der Waals surface area contributed by atoms with Crippen molar-refractivity contribution in [3.8, 4) is 0 Å². The number of amides is 1. The molecule has 1 aromatic heterocycles. The van der Waals surface area contributed by atoms with E-state index < -0.39 is 0 Å². The minimum absolute atomic E-state index is 0.195. The van der Waals surface area contributed by atoms with Gasteiger partial charge in [0.25, 0.3) is 5.91 Å². The van der Waals surface area contributed by atoms with Crippen molar-refractivity contribution in [1.82, 2.24) is 4.98 Å². The lowest BCUT2D eigenvalue weighted by Gasteiger charge is -2.04. The third-order valence-corrected chi connectivity index (χ3v) is 2.78. The van der Waals surface area contributed by atoms with Crippen LogP contribution in [0, 0.1) is 0 Å². The highest BCUT2D eigenvalue weighted by molar-refractivity contribution is 6.42.